The molecule has 0 bridgehead atoms. The minimum Gasteiger partial charge on any atom is -0.490 e. The Morgan fingerprint density at radius 3 is 2.27 bits per heavy atom. The van der Waals surface area contributed by atoms with Gasteiger partial charge in [-0.05, 0) is 62.0 Å². The van der Waals surface area contributed by atoms with E-state index in [9.17, 15) is 0 Å². The molecule has 0 fully saturated rings. The Balaban J connectivity index is 1.53. The van der Waals surface area contributed by atoms with Gasteiger partial charge in [0.05, 0.1) is 0 Å². The van der Waals surface area contributed by atoms with Gasteiger partial charge in [-0.3, -0.25) is 0 Å². The third-order valence-electron chi connectivity index (χ3n) is 6.87. The molecule has 1 heterocycles. The third-order valence-corrected chi connectivity index (χ3v) is 6.87. The van der Waals surface area contributed by atoms with Crippen LogP contribution in [0.25, 0.3) is 0 Å². The Kier molecular flexibility index (Phi) is 11.6. The monoisotopic (exact) mass is 412 g/mol. The maximum atomic E-state index is 6.18. The third kappa shape index (κ3) is 10.2. The maximum Gasteiger partial charge on any atom is 0.122 e. The van der Waals surface area contributed by atoms with Gasteiger partial charge in [0.1, 0.15) is 11.9 Å². The summed E-state index contributed by atoms with van der Waals surface area (Å²) in [5.41, 5.74) is 2.91. The lowest BCUT2D eigenvalue weighted by Crippen LogP contribution is -2.21. The van der Waals surface area contributed by atoms with Crippen molar-refractivity contribution in [3.05, 3.63) is 41.5 Å². The molecule has 0 aromatic heterocycles. The molecule has 1 heteroatoms. The van der Waals surface area contributed by atoms with Gasteiger partial charge in [0.15, 0.2) is 0 Å². The average molecular weight is 413 g/mol. The van der Waals surface area contributed by atoms with E-state index in [-0.39, 0.29) is 0 Å². The minimum atomic E-state index is 0.358. The molecule has 1 nitrogen and oxygen atoms in total. The predicted octanol–water partition coefficient (Wildman–Crippen LogP) is 9.16. The molecule has 1 aliphatic heterocycles. The Bertz CT molecular complexity index is 615. The molecule has 0 amide bonds. The van der Waals surface area contributed by atoms with Crippen molar-refractivity contribution in [3.8, 4) is 5.75 Å². The predicted molar refractivity (Wildman–Crippen MR) is 132 cm³/mol. The van der Waals surface area contributed by atoms with Crippen molar-refractivity contribution in [3.63, 3.8) is 0 Å². The molecule has 2 rings (SSSR count). The zero-order valence-corrected chi connectivity index (χ0v) is 20.6. The van der Waals surface area contributed by atoms with Crippen LogP contribution in [0.5, 0.6) is 5.75 Å². The smallest absolute Gasteiger partial charge is 0.122 e. The van der Waals surface area contributed by atoms with Crippen LogP contribution in [-0.4, -0.2) is 6.10 Å². The molecule has 0 saturated heterocycles. The lowest BCUT2D eigenvalue weighted by molar-refractivity contribution is 0.176. The number of hydrogen-bond acceptors (Lipinski definition) is 1. The summed E-state index contributed by atoms with van der Waals surface area (Å²) >= 11 is 0. The van der Waals surface area contributed by atoms with E-state index in [1.54, 1.807) is 5.57 Å². The number of benzene rings is 1. The molecule has 0 aliphatic carbocycles. The zero-order chi connectivity index (χ0) is 21.8. The summed E-state index contributed by atoms with van der Waals surface area (Å²) in [7, 11) is 0. The van der Waals surface area contributed by atoms with Gasteiger partial charge in [-0.15, -0.1) is 0 Å². The normalized spacial score (nSPS) is 18.7. The number of aryl methyl sites for hydroxylation is 1. The van der Waals surface area contributed by atoms with Crippen LogP contribution in [0.2, 0.25) is 0 Å². The van der Waals surface area contributed by atoms with Gasteiger partial charge in [0, 0.05) is 6.42 Å². The van der Waals surface area contributed by atoms with E-state index < -0.39 is 0 Å². The summed E-state index contributed by atoms with van der Waals surface area (Å²) in [6.45, 7) is 11.9. The highest BCUT2D eigenvalue weighted by Gasteiger charge is 2.18. The molecule has 3 atom stereocenters. The Morgan fingerprint density at radius 1 is 0.933 bits per heavy atom. The van der Waals surface area contributed by atoms with Crippen molar-refractivity contribution in [2.75, 3.05) is 0 Å². The second kappa shape index (κ2) is 13.9. The summed E-state index contributed by atoms with van der Waals surface area (Å²) in [5.74, 6) is 3.75. The standard InChI is InChI=1S/C29H48O/c1-23(2)11-8-12-24(3)13-9-14-25(4)15-10-16-26(5)19-21-28-22-20-27-17-6-7-18-29(27)30-28/h6-7,17-19,23-25,28H,8-16,20-22H2,1-5H3/b26-19+/t24-,25-,28?/m1/s1. The van der Waals surface area contributed by atoms with Crippen molar-refractivity contribution in [1.29, 1.82) is 0 Å². The van der Waals surface area contributed by atoms with Crippen LogP contribution in [0.4, 0.5) is 0 Å². The van der Waals surface area contributed by atoms with Crippen LogP contribution in [0.3, 0.4) is 0 Å². The summed E-state index contributed by atoms with van der Waals surface area (Å²) in [6, 6.07) is 8.51. The summed E-state index contributed by atoms with van der Waals surface area (Å²) < 4.78 is 6.18. The van der Waals surface area contributed by atoms with E-state index >= 15 is 0 Å². The van der Waals surface area contributed by atoms with Crippen molar-refractivity contribution >= 4 is 0 Å². The molecule has 0 spiro atoms. The van der Waals surface area contributed by atoms with Gasteiger partial charge < -0.3 is 4.74 Å². The van der Waals surface area contributed by atoms with Crippen LogP contribution in [-0.2, 0) is 6.42 Å². The van der Waals surface area contributed by atoms with Gasteiger partial charge in [-0.2, -0.15) is 0 Å². The molecule has 170 valence electrons. The number of fused-ring (bicyclic) bond motifs is 1. The minimum absolute atomic E-state index is 0.358. The fourth-order valence-electron chi connectivity index (χ4n) is 4.69. The quantitative estimate of drug-likeness (QED) is 0.277. The SMILES string of the molecule is C/C(=C\CC1CCc2ccccc2O1)CCC[C@H](C)CCC[C@H](C)CCCC(C)C. The van der Waals surface area contributed by atoms with Crippen LogP contribution >= 0.6 is 0 Å². The summed E-state index contributed by atoms with van der Waals surface area (Å²) in [6.07, 6.45) is 18.6. The first-order chi connectivity index (χ1) is 14.4. The van der Waals surface area contributed by atoms with Crippen molar-refractivity contribution in [2.24, 2.45) is 17.8 Å². The van der Waals surface area contributed by atoms with Crippen molar-refractivity contribution in [1.82, 2.24) is 0 Å². The van der Waals surface area contributed by atoms with Crippen molar-refractivity contribution < 1.29 is 4.74 Å². The fraction of sp³-hybridized carbons (Fsp3) is 0.724. The van der Waals surface area contributed by atoms with E-state index in [1.165, 1.54) is 63.4 Å². The highest BCUT2D eigenvalue weighted by molar-refractivity contribution is 5.35. The average Bonchev–Trinajstić information content (AvgIpc) is 2.72. The zero-order valence-electron chi connectivity index (χ0n) is 20.6. The Labute approximate surface area is 187 Å². The molecule has 1 aromatic rings. The molecule has 30 heavy (non-hydrogen) atoms. The van der Waals surface area contributed by atoms with Crippen LogP contribution in [0, 0.1) is 17.8 Å². The lowest BCUT2D eigenvalue weighted by Gasteiger charge is -2.25. The van der Waals surface area contributed by atoms with Gasteiger partial charge in [0.2, 0.25) is 0 Å². The first-order valence-electron chi connectivity index (χ1n) is 12.8. The molecule has 0 saturated carbocycles. The topological polar surface area (TPSA) is 9.23 Å². The van der Waals surface area contributed by atoms with E-state index in [4.69, 9.17) is 4.74 Å². The van der Waals surface area contributed by atoms with Crippen LogP contribution < -0.4 is 4.74 Å². The Morgan fingerprint density at radius 2 is 1.57 bits per heavy atom. The maximum absolute atomic E-state index is 6.18. The molecule has 1 aromatic carbocycles. The van der Waals surface area contributed by atoms with Gasteiger partial charge in [-0.1, -0.05) is 102 Å². The van der Waals surface area contributed by atoms with Gasteiger partial charge in [0.25, 0.3) is 0 Å². The van der Waals surface area contributed by atoms with E-state index in [2.05, 4.69) is 65.0 Å². The molecular weight excluding hydrogens is 364 g/mol. The highest BCUT2D eigenvalue weighted by Crippen LogP contribution is 2.29. The number of ether oxygens (including phenoxy) is 1. The summed E-state index contributed by atoms with van der Waals surface area (Å²) in [5, 5.41) is 0. The number of allylic oxidation sites excluding steroid dienone is 1. The molecule has 0 radical (unpaired) electrons. The van der Waals surface area contributed by atoms with Crippen LogP contribution in [0.1, 0.15) is 111 Å². The molecule has 0 N–H and O–H groups in total. The van der Waals surface area contributed by atoms with Gasteiger partial charge in [-0.25, -0.2) is 0 Å². The first kappa shape index (κ1) is 25.0. The lowest BCUT2D eigenvalue weighted by atomic mass is 9.91. The van der Waals surface area contributed by atoms with Gasteiger partial charge >= 0.3 is 0 Å². The fourth-order valence-corrected chi connectivity index (χ4v) is 4.69. The van der Waals surface area contributed by atoms with E-state index in [0.29, 0.717) is 6.10 Å². The highest BCUT2D eigenvalue weighted by atomic mass is 16.5. The first-order valence-corrected chi connectivity index (χ1v) is 12.8. The second-order valence-electron chi connectivity index (χ2n) is 10.5. The number of hydrogen-bond donors (Lipinski definition) is 0. The van der Waals surface area contributed by atoms with E-state index in [1.807, 2.05) is 0 Å². The van der Waals surface area contributed by atoms with Crippen LogP contribution in [0.15, 0.2) is 35.9 Å². The second-order valence-corrected chi connectivity index (χ2v) is 10.5. The molecular formula is C29H48O. The Hall–Kier alpha value is -1.24. The number of rotatable bonds is 14. The molecule has 1 unspecified atom stereocenters. The van der Waals surface area contributed by atoms with Crippen molar-refractivity contribution in [2.45, 2.75) is 118 Å². The number of para-hydroxylation sites is 1. The molecule has 1 aliphatic rings. The van der Waals surface area contributed by atoms with E-state index in [0.717, 1.165) is 42.8 Å². The summed E-state index contributed by atoms with van der Waals surface area (Å²) in [4.78, 5) is 0. The largest absolute Gasteiger partial charge is 0.490 e.